The molecule has 0 amide bonds. The molecular weight excluding hydrogens is 301 g/mol. The number of anilines is 1. The number of halogens is 1. The summed E-state index contributed by atoms with van der Waals surface area (Å²) in [4.78, 5) is 2.22. The van der Waals surface area contributed by atoms with Gasteiger partial charge < -0.3 is 15.4 Å². The molecule has 2 aromatic rings. The third-order valence-electron chi connectivity index (χ3n) is 2.99. The van der Waals surface area contributed by atoms with E-state index in [4.69, 9.17) is 15.7 Å². The number of nitrogen functional groups attached to an aromatic ring is 1. The molecule has 0 unspecified atom stereocenters. The molecule has 22 heavy (non-hydrogen) atoms. The van der Waals surface area contributed by atoms with Crippen LogP contribution < -0.4 is 10.5 Å². The van der Waals surface area contributed by atoms with Crippen LogP contribution in [0.1, 0.15) is 11.1 Å². The van der Waals surface area contributed by atoms with Crippen LogP contribution in [0.25, 0.3) is 0 Å². The Hall–Kier alpha value is -2.23. The maximum atomic E-state index is 13.0. The second-order valence-corrected chi connectivity index (χ2v) is 5.62. The van der Waals surface area contributed by atoms with Crippen molar-refractivity contribution in [1.82, 2.24) is 4.90 Å². The second-order valence-electron chi connectivity index (χ2n) is 5.02. The summed E-state index contributed by atoms with van der Waals surface area (Å²) in [6.07, 6.45) is 0. The first-order valence-corrected chi connectivity index (χ1v) is 7.29. The lowest BCUT2D eigenvalue weighted by molar-refractivity contribution is 0.388. The van der Waals surface area contributed by atoms with Crippen molar-refractivity contribution in [2.45, 2.75) is 11.4 Å². The van der Waals surface area contributed by atoms with Gasteiger partial charge >= 0.3 is 0 Å². The molecule has 0 atom stereocenters. The Morgan fingerprint density at radius 3 is 2.59 bits per heavy atom. The standard InChI is InChI=1S/C16H16FN3OS/c1-20(2)10-12-8-16(22-17)11(9-18)7-15(12)21-14-6-4-3-5-13(14)19/h3-8H,10,19H2,1-2H3. The Kier molecular flexibility index (Phi) is 5.26. The lowest BCUT2D eigenvalue weighted by Crippen LogP contribution is -2.12. The molecule has 0 fully saturated rings. The fraction of sp³-hybridized carbons (Fsp3) is 0.188. The zero-order chi connectivity index (χ0) is 16.1. The van der Waals surface area contributed by atoms with Crippen molar-refractivity contribution in [3.8, 4) is 17.6 Å². The fourth-order valence-corrected chi connectivity index (χ4v) is 2.38. The second kappa shape index (κ2) is 7.16. The van der Waals surface area contributed by atoms with E-state index in [2.05, 4.69) is 0 Å². The van der Waals surface area contributed by atoms with E-state index in [1.807, 2.05) is 37.2 Å². The van der Waals surface area contributed by atoms with Crippen molar-refractivity contribution in [3.63, 3.8) is 0 Å². The molecule has 2 N–H and O–H groups in total. The Morgan fingerprint density at radius 2 is 2.00 bits per heavy atom. The maximum absolute atomic E-state index is 13.0. The van der Waals surface area contributed by atoms with Crippen LogP contribution in [-0.2, 0) is 6.54 Å². The summed E-state index contributed by atoms with van der Waals surface area (Å²) in [5, 5.41) is 9.15. The van der Waals surface area contributed by atoms with Gasteiger partial charge in [-0.05, 0) is 32.3 Å². The molecule has 2 aromatic carbocycles. The van der Waals surface area contributed by atoms with Gasteiger partial charge in [0.05, 0.1) is 28.3 Å². The molecule has 0 radical (unpaired) electrons. The largest absolute Gasteiger partial charge is 0.455 e. The van der Waals surface area contributed by atoms with E-state index in [0.29, 0.717) is 23.7 Å². The molecule has 0 heterocycles. The number of rotatable bonds is 5. The third-order valence-corrected chi connectivity index (χ3v) is 3.50. The van der Waals surface area contributed by atoms with Crippen molar-refractivity contribution >= 4 is 17.8 Å². The molecule has 6 heteroatoms. The van der Waals surface area contributed by atoms with Gasteiger partial charge in [-0.2, -0.15) is 9.15 Å². The molecule has 114 valence electrons. The van der Waals surface area contributed by atoms with Crippen molar-refractivity contribution in [1.29, 1.82) is 5.26 Å². The first kappa shape index (κ1) is 16.1. The first-order valence-electron chi connectivity index (χ1n) is 6.58. The number of benzene rings is 2. The van der Waals surface area contributed by atoms with E-state index in [9.17, 15) is 3.89 Å². The van der Waals surface area contributed by atoms with Crippen molar-refractivity contribution in [2.75, 3.05) is 19.8 Å². The average molecular weight is 317 g/mol. The van der Waals surface area contributed by atoms with E-state index >= 15 is 0 Å². The van der Waals surface area contributed by atoms with Gasteiger partial charge in [-0.25, -0.2) is 0 Å². The van der Waals surface area contributed by atoms with Gasteiger partial charge in [-0.1, -0.05) is 12.1 Å². The number of nitriles is 1. The molecule has 0 bridgehead atoms. The molecule has 0 aliphatic rings. The van der Waals surface area contributed by atoms with Crippen LogP contribution in [0.2, 0.25) is 0 Å². The fourth-order valence-electron chi connectivity index (χ4n) is 2.00. The maximum Gasteiger partial charge on any atom is 0.150 e. The lowest BCUT2D eigenvalue weighted by atomic mass is 10.1. The molecule has 0 aliphatic carbocycles. The van der Waals surface area contributed by atoms with E-state index in [-0.39, 0.29) is 22.6 Å². The summed E-state index contributed by atoms with van der Waals surface area (Å²) in [5.74, 6) is 1.01. The first-order chi connectivity index (χ1) is 10.5. The highest BCUT2D eigenvalue weighted by molar-refractivity contribution is 7.94. The highest BCUT2D eigenvalue weighted by Crippen LogP contribution is 2.35. The zero-order valence-electron chi connectivity index (χ0n) is 12.3. The van der Waals surface area contributed by atoms with Gasteiger partial charge in [0.2, 0.25) is 0 Å². The van der Waals surface area contributed by atoms with Crippen molar-refractivity contribution in [3.05, 3.63) is 47.5 Å². The van der Waals surface area contributed by atoms with E-state index in [0.717, 1.165) is 5.56 Å². The normalized spacial score (nSPS) is 10.5. The SMILES string of the molecule is CN(C)Cc1cc(SF)c(C#N)cc1Oc1ccccc1N. The number of hydrogen-bond acceptors (Lipinski definition) is 5. The van der Waals surface area contributed by atoms with Crippen LogP contribution >= 0.6 is 12.1 Å². The zero-order valence-corrected chi connectivity index (χ0v) is 13.2. The van der Waals surface area contributed by atoms with Crippen LogP contribution in [0, 0.1) is 11.3 Å². The van der Waals surface area contributed by atoms with Crippen molar-refractivity contribution in [2.24, 2.45) is 0 Å². The molecule has 0 aliphatic heterocycles. The van der Waals surface area contributed by atoms with E-state index < -0.39 is 0 Å². The molecule has 4 nitrogen and oxygen atoms in total. The Labute approximate surface area is 133 Å². The predicted octanol–water partition coefficient (Wildman–Crippen LogP) is 3.97. The summed E-state index contributed by atoms with van der Waals surface area (Å²) in [6.45, 7) is 0.557. The van der Waals surface area contributed by atoms with Gasteiger partial charge in [0.15, 0.2) is 0 Å². The molecule has 0 saturated heterocycles. The van der Waals surface area contributed by atoms with Gasteiger partial charge in [-0.15, -0.1) is 0 Å². The summed E-state index contributed by atoms with van der Waals surface area (Å²) in [5.41, 5.74) is 7.40. The highest BCUT2D eigenvalue weighted by Gasteiger charge is 2.14. The Balaban J connectivity index is 2.48. The molecular formula is C16H16FN3OS. The van der Waals surface area contributed by atoms with Crippen LogP contribution in [-0.4, -0.2) is 19.0 Å². The smallest absolute Gasteiger partial charge is 0.150 e. The summed E-state index contributed by atoms with van der Waals surface area (Å²) in [6, 6.07) is 12.3. The number of nitrogens with zero attached hydrogens (tertiary/aromatic N) is 2. The number of hydrogen-bond donors (Lipinski definition) is 1. The van der Waals surface area contributed by atoms with Crippen LogP contribution in [0.4, 0.5) is 9.57 Å². The third kappa shape index (κ3) is 3.70. The van der Waals surface area contributed by atoms with Crippen LogP contribution in [0.5, 0.6) is 11.5 Å². The highest BCUT2D eigenvalue weighted by atomic mass is 32.2. The van der Waals surface area contributed by atoms with Gasteiger partial charge in [0, 0.05) is 18.2 Å². The van der Waals surface area contributed by atoms with Crippen molar-refractivity contribution < 1.29 is 8.62 Å². The molecule has 2 rings (SSSR count). The minimum absolute atomic E-state index is 0.0581. The summed E-state index contributed by atoms with van der Waals surface area (Å²) < 4.78 is 18.9. The summed E-state index contributed by atoms with van der Waals surface area (Å²) in [7, 11) is 3.81. The predicted molar refractivity (Wildman–Crippen MR) is 86.4 cm³/mol. The molecule has 0 saturated carbocycles. The minimum Gasteiger partial charge on any atom is -0.455 e. The molecule has 0 aromatic heterocycles. The number of ether oxygens (including phenoxy) is 1. The van der Waals surface area contributed by atoms with Gasteiger partial charge in [0.1, 0.15) is 17.6 Å². The topological polar surface area (TPSA) is 62.3 Å². The number of para-hydroxylation sites is 2. The van der Waals surface area contributed by atoms with E-state index in [1.165, 1.54) is 0 Å². The van der Waals surface area contributed by atoms with Crippen LogP contribution in [0.15, 0.2) is 41.3 Å². The van der Waals surface area contributed by atoms with Gasteiger partial charge in [0.25, 0.3) is 0 Å². The Morgan fingerprint density at radius 1 is 1.27 bits per heavy atom. The summed E-state index contributed by atoms with van der Waals surface area (Å²) >= 11 is 0.0581. The van der Waals surface area contributed by atoms with Gasteiger partial charge in [-0.3, -0.25) is 0 Å². The van der Waals surface area contributed by atoms with E-state index in [1.54, 1.807) is 24.3 Å². The minimum atomic E-state index is 0.0581. The van der Waals surface area contributed by atoms with Crippen LogP contribution in [0.3, 0.4) is 0 Å². The quantitative estimate of drug-likeness (QED) is 0.845. The number of nitrogens with two attached hydrogens (primary N) is 1. The Bertz CT molecular complexity index is 713. The average Bonchev–Trinajstić information content (AvgIpc) is 2.50. The lowest BCUT2D eigenvalue weighted by Gasteiger charge is -2.17. The molecule has 0 spiro atoms. The monoisotopic (exact) mass is 317 g/mol.